The fourth-order valence-corrected chi connectivity index (χ4v) is 3.23. The van der Waals surface area contributed by atoms with Gasteiger partial charge < -0.3 is 15.0 Å². The molecule has 1 fully saturated rings. The van der Waals surface area contributed by atoms with E-state index in [1.807, 2.05) is 11.9 Å². The zero-order valence-electron chi connectivity index (χ0n) is 12.0. The first kappa shape index (κ1) is 15.8. The smallest absolute Gasteiger partial charge is 0.231 e. The molecule has 1 heterocycles. The number of nitrogens with one attached hydrogen (secondary N) is 1. The molecular formula is C13H26N2O2S. The van der Waals surface area contributed by atoms with Gasteiger partial charge in [-0.2, -0.15) is 11.8 Å². The Balaban J connectivity index is 2.75. The summed E-state index contributed by atoms with van der Waals surface area (Å²) < 4.78 is 5.32. The molecule has 18 heavy (non-hydrogen) atoms. The Morgan fingerprint density at radius 2 is 2.11 bits per heavy atom. The average Bonchev–Trinajstić information content (AvgIpc) is 2.38. The van der Waals surface area contributed by atoms with Crippen LogP contribution in [0.4, 0.5) is 0 Å². The normalized spacial score (nSPS) is 20.4. The maximum absolute atomic E-state index is 12.7. The molecule has 0 aliphatic carbocycles. The number of piperidine rings is 1. The van der Waals surface area contributed by atoms with Crippen molar-refractivity contribution in [2.75, 3.05) is 45.9 Å². The molecule has 0 aromatic rings. The lowest BCUT2D eigenvalue weighted by Crippen LogP contribution is -2.52. The minimum atomic E-state index is -0.318. The molecule has 0 saturated carbocycles. The summed E-state index contributed by atoms with van der Waals surface area (Å²) in [6.07, 6.45) is 3.82. The lowest BCUT2D eigenvalue weighted by molar-refractivity contribution is -0.147. The molecule has 0 radical (unpaired) electrons. The van der Waals surface area contributed by atoms with Crippen LogP contribution >= 0.6 is 11.8 Å². The monoisotopic (exact) mass is 274 g/mol. The van der Waals surface area contributed by atoms with E-state index in [1.165, 1.54) is 0 Å². The molecule has 0 aromatic carbocycles. The summed E-state index contributed by atoms with van der Waals surface area (Å²) in [7, 11) is 3.60. The SMILES string of the molecule is COCC1(C(=O)N(C)C(C)CSC)CCNCC1. The Kier molecular flexibility index (Phi) is 6.46. The van der Waals surface area contributed by atoms with Crippen molar-refractivity contribution >= 4 is 17.7 Å². The minimum Gasteiger partial charge on any atom is -0.384 e. The zero-order chi connectivity index (χ0) is 13.6. The van der Waals surface area contributed by atoms with E-state index in [1.54, 1.807) is 18.9 Å². The molecule has 5 heteroatoms. The highest BCUT2D eigenvalue weighted by molar-refractivity contribution is 7.98. The first-order valence-electron chi connectivity index (χ1n) is 6.53. The van der Waals surface area contributed by atoms with Gasteiger partial charge in [0.1, 0.15) is 0 Å². The van der Waals surface area contributed by atoms with Crippen LogP contribution in [0.2, 0.25) is 0 Å². The van der Waals surface area contributed by atoms with Gasteiger partial charge in [-0.05, 0) is 39.1 Å². The largest absolute Gasteiger partial charge is 0.384 e. The van der Waals surface area contributed by atoms with Gasteiger partial charge >= 0.3 is 0 Å². The Labute approximate surface area is 115 Å². The maximum atomic E-state index is 12.7. The molecule has 106 valence electrons. The van der Waals surface area contributed by atoms with Gasteiger partial charge in [0.05, 0.1) is 12.0 Å². The number of carbonyl (C=O) groups excluding carboxylic acids is 1. The second-order valence-electron chi connectivity index (χ2n) is 5.18. The summed E-state index contributed by atoms with van der Waals surface area (Å²) in [6, 6.07) is 0.274. The molecule has 1 aliphatic heterocycles. The Hall–Kier alpha value is -0.260. The molecule has 1 aliphatic rings. The van der Waals surface area contributed by atoms with Gasteiger partial charge in [-0.25, -0.2) is 0 Å². The van der Waals surface area contributed by atoms with Gasteiger partial charge in [0.25, 0.3) is 0 Å². The lowest BCUT2D eigenvalue weighted by atomic mass is 9.78. The maximum Gasteiger partial charge on any atom is 0.231 e. The highest BCUT2D eigenvalue weighted by Gasteiger charge is 2.42. The van der Waals surface area contributed by atoms with Crippen LogP contribution in [0.25, 0.3) is 0 Å². The summed E-state index contributed by atoms with van der Waals surface area (Å²) in [5.74, 6) is 1.22. The van der Waals surface area contributed by atoms with Crippen LogP contribution in [0.3, 0.4) is 0 Å². The van der Waals surface area contributed by atoms with E-state index in [-0.39, 0.29) is 17.4 Å². The highest BCUT2D eigenvalue weighted by atomic mass is 32.2. The number of hydrogen-bond acceptors (Lipinski definition) is 4. The molecule has 1 atom stereocenters. The average molecular weight is 274 g/mol. The van der Waals surface area contributed by atoms with Gasteiger partial charge in [0.2, 0.25) is 5.91 Å². The number of hydrogen-bond donors (Lipinski definition) is 1. The first-order chi connectivity index (χ1) is 8.57. The molecule has 0 bridgehead atoms. The Morgan fingerprint density at radius 3 is 2.61 bits per heavy atom. The summed E-state index contributed by atoms with van der Waals surface area (Å²) >= 11 is 1.78. The van der Waals surface area contributed by atoms with Crippen LogP contribution in [-0.4, -0.2) is 62.7 Å². The van der Waals surface area contributed by atoms with Crippen molar-refractivity contribution in [2.45, 2.75) is 25.8 Å². The third kappa shape index (κ3) is 3.62. The molecule has 0 aromatic heterocycles. The standard InChI is InChI=1S/C13H26N2O2S/c1-11(9-18-4)15(2)12(16)13(10-17-3)5-7-14-8-6-13/h11,14H,5-10H2,1-4H3. The highest BCUT2D eigenvalue weighted by Crippen LogP contribution is 2.32. The quantitative estimate of drug-likeness (QED) is 0.790. The molecule has 1 saturated heterocycles. The fraction of sp³-hybridized carbons (Fsp3) is 0.923. The minimum absolute atomic E-state index is 0.243. The number of ether oxygens (including phenoxy) is 1. The molecule has 1 rings (SSSR count). The van der Waals surface area contributed by atoms with Crippen molar-refractivity contribution in [3.8, 4) is 0 Å². The van der Waals surface area contributed by atoms with E-state index >= 15 is 0 Å². The van der Waals surface area contributed by atoms with Crippen LogP contribution in [0.1, 0.15) is 19.8 Å². The van der Waals surface area contributed by atoms with E-state index in [0.29, 0.717) is 6.61 Å². The van der Waals surface area contributed by atoms with Crippen LogP contribution in [0.15, 0.2) is 0 Å². The second kappa shape index (κ2) is 7.36. The van der Waals surface area contributed by atoms with Crippen LogP contribution in [0, 0.1) is 5.41 Å². The number of rotatable bonds is 6. The Bertz CT molecular complexity index is 262. The molecule has 1 unspecified atom stereocenters. The third-order valence-corrected chi connectivity index (χ3v) is 4.64. The molecule has 0 spiro atoms. The summed E-state index contributed by atoms with van der Waals surface area (Å²) in [5, 5.41) is 3.32. The predicted octanol–water partition coefficient (Wildman–Crippen LogP) is 1.21. The van der Waals surface area contributed by atoms with Gasteiger partial charge in [-0.3, -0.25) is 4.79 Å². The summed E-state index contributed by atoms with van der Waals surface area (Å²) in [6.45, 7) is 4.44. The number of nitrogens with zero attached hydrogens (tertiary/aromatic N) is 1. The Morgan fingerprint density at radius 1 is 1.50 bits per heavy atom. The van der Waals surface area contributed by atoms with Crippen LogP contribution in [-0.2, 0) is 9.53 Å². The van der Waals surface area contributed by atoms with Crippen molar-refractivity contribution in [3.63, 3.8) is 0 Å². The third-order valence-electron chi connectivity index (χ3n) is 3.82. The van der Waals surface area contributed by atoms with E-state index in [9.17, 15) is 4.79 Å². The van der Waals surface area contributed by atoms with Crippen LogP contribution in [0.5, 0.6) is 0 Å². The molecule has 1 N–H and O–H groups in total. The molecule has 4 nitrogen and oxygen atoms in total. The number of amides is 1. The van der Waals surface area contributed by atoms with E-state index in [0.717, 1.165) is 31.7 Å². The van der Waals surface area contributed by atoms with Gasteiger partial charge in [-0.15, -0.1) is 0 Å². The van der Waals surface area contributed by atoms with Crippen molar-refractivity contribution in [1.29, 1.82) is 0 Å². The van der Waals surface area contributed by atoms with Crippen LogP contribution < -0.4 is 5.32 Å². The fourth-order valence-electron chi connectivity index (χ4n) is 2.53. The predicted molar refractivity (Wildman–Crippen MR) is 77.0 cm³/mol. The van der Waals surface area contributed by atoms with Crippen molar-refractivity contribution in [2.24, 2.45) is 5.41 Å². The van der Waals surface area contributed by atoms with Gasteiger partial charge in [0, 0.05) is 26.0 Å². The number of methoxy groups -OCH3 is 1. The lowest BCUT2D eigenvalue weighted by Gasteiger charge is -2.40. The van der Waals surface area contributed by atoms with Crippen molar-refractivity contribution < 1.29 is 9.53 Å². The zero-order valence-corrected chi connectivity index (χ0v) is 12.8. The van der Waals surface area contributed by atoms with Crippen molar-refractivity contribution in [1.82, 2.24) is 10.2 Å². The van der Waals surface area contributed by atoms with Gasteiger partial charge in [-0.1, -0.05) is 0 Å². The second-order valence-corrected chi connectivity index (χ2v) is 6.09. The number of carbonyl (C=O) groups is 1. The summed E-state index contributed by atoms with van der Waals surface area (Å²) in [4.78, 5) is 14.6. The molecular weight excluding hydrogens is 248 g/mol. The number of thioether (sulfide) groups is 1. The van der Waals surface area contributed by atoms with E-state index < -0.39 is 0 Å². The topological polar surface area (TPSA) is 41.6 Å². The van der Waals surface area contributed by atoms with E-state index in [4.69, 9.17) is 4.74 Å². The first-order valence-corrected chi connectivity index (χ1v) is 7.92. The molecule has 1 amide bonds. The van der Waals surface area contributed by atoms with Crippen molar-refractivity contribution in [3.05, 3.63) is 0 Å². The summed E-state index contributed by atoms with van der Waals surface area (Å²) in [5.41, 5.74) is -0.318. The van der Waals surface area contributed by atoms with Gasteiger partial charge in [0.15, 0.2) is 0 Å². The van der Waals surface area contributed by atoms with E-state index in [2.05, 4.69) is 18.5 Å².